The lowest BCUT2D eigenvalue weighted by Gasteiger charge is -2.06. The SMILES string of the molecule is COC(=O)c1ccnc(Sc2nc3ccccc3o2)c1N. The highest BCUT2D eigenvalue weighted by Crippen LogP contribution is 2.33. The maximum absolute atomic E-state index is 11.6. The molecule has 0 aliphatic rings. The molecule has 0 radical (unpaired) electrons. The first-order valence-corrected chi connectivity index (χ1v) is 6.87. The molecular weight excluding hydrogens is 290 g/mol. The van der Waals surface area contributed by atoms with Gasteiger partial charge < -0.3 is 14.9 Å². The Morgan fingerprint density at radius 1 is 1.33 bits per heavy atom. The van der Waals surface area contributed by atoms with Gasteiger partial charge in [-0.05, 0) is 30.0 Å². The molecule has 0 aliphatic heterocycles. The summed E-state index contributed by atoms with van der Waals surface area (Å²) < 4.78 is 10.3. The van der Waals surface area contributed by atoms with Gasteiger partial charge in [0.05, 0.1) is 18.4 Å². The second kappa shape index (κ2) is 5.45. The number of anilines is 1. The number of oxazole rings is 1. The van der Waals surface area contributed by atoms with Crippen molar-refractivity contribution >= 4 is 34.5 Å². The maximum Gasteiger partial charge on any atom is 0.340 e. The van der Waals surface area contributed by atoms with Crippen molar-refractivity contribution in [3.05, 3.63) is 42.1 Å². The van der Waals surface area contributed by atoms with Crippen LogP contribution in [0.25, 0.3) is 11.1 Å². The van der Waals surface area contributed by atoms with Crippen LogP contribution in [0.2, 0.25) is 0 Å². The van der Waals surface area contributed by atoms with Gasteiger partial charge in [-0.1, -0.05) is 12.1 Å². The monoisotopic (exact) mass is 301 g/mol. The summed E-state index contributed by atoms with van der Waals surface area (Å²) >= 11 is 1.16. The lowest BCUT2D eigenvalue weighted by Crippen LogP contribution is -2.07. The number of esters is 1. The second-order valence-corrected chi connectivity index (χ2v) is 5.06. The predicted molar refractivity (Wildman–Crippen MR) is 78.1 cm³/mol. The Morgan fingerprint density at radius 3 is 2.90 bits per heavy atom. The molecule has 3 rings (SSSR count). The Bertz CT molecular complexity index is 783. The zero-order valence-corrected chi connectivity index (χ0v) is 11.9. The molecule has 0 unspecified atom stereocenters. The molecule has 2 aromatic heterocycles. The van der Waals surface area contributed by atoms with Crippen LogP contribution >= 0.6 is 11.8 Å². The highest BCUT2D eigenvalue weighted by atomic mass is 32.2. The molecule has 106 valence electrons. The third kappa shape index (κ3) is 2.55. The molecule has 0 bridgehead atoms. The van der Waals surface area contributed by atoms with Crippen LogP contribution in [-0.4, -0.2) is 23.0 Å². The highest BCUT2D eigenvalue weighted by molar-refractivity contribution is 7.99. The number of methoxy groups -OCH3 is 1. The molecular formula is C14H11N3O3S. The average molecular weight is 301 g/mol. The number of para-hydroxylation sites is 2. The number of carbonyl (C=O) groups is 1. The minimum Gasteiger partial charge on any atom is -0.465 e. The van der Waals surface area contributed by atoms with E-state index in [1.807, 2.05) is 24.3 Å². The van der Waals surface area contributed by atoms with Gasteiger partial charge in [0.2, 0.25) is 0 Å². The van der Waals surface area contributed by atoms with Gasteiger partial charge in [0.15, 0.2) is 5.58 Å². The van der Waals surface area contributed by atoms with Gasteiger partial charge in [0, 0.05) is 6.20 Å². The molecule has 0 atom stereocenters. The third-order valence-electron chi connectivity index (χ3n) is 2.82. The van der Waals surface area contributed by atoms with Crippen molar-refractivity contribution < 1.29 is 13.9 Å². The highest BCUT2D eigenvalue weighted by Gasteiger charge is 2.16. The van der Waals surface area contributed by atoms with Crippen LogP contribution in [0.1, 0.15) is 10.4 Å². The number of benzene rings is 1. The van der Waals surface area contributed by atoms with Gasteiger partial charge >= 0.3 is 5.97 Å². The standard InChI is InChI=1S/C14H11N3O3S/c1-19-13(18)8-6-7-16-12(11(8)15)21-14-17-9-4-2-3-5-10(9)20-14/h2-7H,15H2,1H3. The minimum atomic E-state index is -0.505. The topological polar surface area (TPSA) is 91.2 Å². The molecule has 0 aliphatic carbocycles. The maximum atomic E-state index is 11.6. The van der Waals surface area contributed by atoms with Gasteiger partial charge in [-0.25, -0.2) is 14.8 Å². The summed E-state index contributed by atoms with van der Waals surface area (Å²) in [6.45, 7) is 0. The first kappa shape index (κ1) is 13.4. The van der Waals surface area contributed by atoms with Crippen molar-refractivity contribution in [2.24, 2.45) is 0 Å². The molecule has 0 amide bonds. The van der Waals surface area contributed by atoms with Crippen molar-refractivity contribution in [1.29, 1.82) is 0 Å². The molecule has 0 fully saturated rings. The van der Waals surface area contributed by atoms with Crippen LogP contribution < -0.4 is 5.73 Å². The zero-order valence-electron chi connectivity index (χ0n) is 11.1. The number of hydrogen-bond donors (Lipinski definition) is 1. The molecule has 0 saturated carbocycles. The van der Waals surface area contributed by atoms with Gasteiger partial charge in [0.1, 0.15) is 10.5 Å². The Morgan fingerprint density at radius 2 is 2.14 bits per heavy atom. The first-order chi connectivity index (χ1) is 10.2. The van der Waals surface area contributed by atoms with Gasteiger partial charge in [0.25, 0.3) is 5.22 Å². The number of aromatic nitrogens is 2. The summed E-state index contributed by atoms with van der Waals surface area (Å²) in [6.07, 6.45) is 1.49. The number of pyridine rings is 1. The van der Waals surface area contributed by atoms with Crippen molar-refractivity contribution in [2.45, 2.75) is 10.2 Å². The van der Waals surface area contributed by atoms with Gasteiger partial charge in [-0.15, -0.1) is 0 Å². The van der Waals surface area contributed by atoms with E-state index in [-0.39, 0.29) is 11.3 Å². The van der Waals surface area contributed by atoms with Crippen LogP contribution in [-0.2, 0) is 4.74 Å². The van der Waals surface area contributed by atoms with E-state index in [0.717, 1.165) is 17.3 Å². The van der Waals surface area contributed by atoms with E-state index >= 15 is 0 Å². The molecule has 0 spiro atoms. The number of nitrogen functional groups attached to an aromatic ring is 1. The molecule has 6 nitrogen and oxygen atoms in total. The van der Waals surface area contributed by atoms with E-state index in [0.29, 0.717) is 15.8 Å². The summed E-state index contributed by atoms with van der Waals surface area (Å²) in [5.74, 6) is -0.505. The molecule has 3 aromatic rings. The molecule has 0 saturated heterocycles. The van der Waals surface area contributed by atoms with Crippen molar-refractivity contribution in [2.75, 3.05) is 12.8 Å². The van der Waals surface area contributed by atoms with Crippen molar-refractivity contribution in [3.8, 4) is 0 Å². The second-order valence-electron chi connectivity index (χ2n) is 4.12. The fourth-order valence-electron chi connectivity index (χ4n) is 1.80. The van der Waals surface area contributed by atoms with E-state index in [1.165, 1.54) is 19.4 Å². The Labute approximate surface area is 124 Å². The molecule has 7 heteroatoms. The van der Waals surface area contributed by atoms with Crippen LogP contribution in [0.4, 0.5) is 5.69 Å². The van der Waals surface area contributed by atoms with E-state index in [1.54, 1.807) is 0 Å². The Hall–Kier alpha value is -2.54. The van der Waals surface area contributed by atoms with E-state index < -0.39 is 5.97 Å². The average Bonchev–Trinajstić information content (AvgIpc) is 2.91. The summed E-state index contributed by atoms with van der Waals surface area (Å²) in [5.41, 5.74) is 7.90. The fraction of sp³-hybridized carbons (Fsp3) is 0.0714. The number of ether oxygens (including phenoxy) is 1. The molecule has 2 N–H and O–H groups in total. The summed E-state index contributed by atoms with van der Waals surface area (Å²) in [5, 5.41) is 0.863. The van der Waals surface area contributed by atoms with E-state index in [9.17, 15) is 4.79 Å². The summed E-state index contributed by atoms with van der Waals surface area (Å²) in [7, 11) is 1.30. The van der Waals surface area contributed by atoms with E-state index in [4.69, 9.17) is 10.2 Å². The summed E-state index contributed by atoms with van der Waals surface area (Å²) in [4.78, 5) is 20.1. The zero-order chi connectivity index (χ0) is 14.8. The molecule has 2 heterocycles. The van der Waals surface area contributed by atoms with Crippen LogP contribution in [0.5, 0.6) is 0 Å². The lowest BCUT2D eigenvalue weighted by atomic mass is 10.2. The summed E-state index contributed by atoms with van der Waals surface area (Å²) in [6, 6.07) is 8.94. The smallest absolute Gasteiger partial charge is 0.340 e. The first-order valence-electron chi connectivity index (χ1n) is 6.05. The van der Waals surface area contributed by atoms with Crippen molar-refractivity contribution in [1.82, 2.24) is 9.97 Å². The van der Waals surface area contributed by atoms with Crippen molar-refractivity contribution in [3.63, 3.8) is 0 Å². The number of nitrogens with zero attached hydrogens (tertiary/aromatic N) is 2. The number of hydrogen-bond acceptors (Lipinski definition) is 7. The van der Waals surface area contributed by atoms with Crippen LogP contribution in [0.15, 0.2) is 51.2 Å². The molecule has 21 heavy (non-hydrogen) atoms. The minimum absolute atomic E-state index is 0.247. The fourth-order valence-corrected chi connectivity index (χ4v) is 2.58. The molecule has 1 aromatic carbocycles. The van der Waals surface area contributed by atoms with Gasteiger partial charge in [-0.2, -0.15) is 0 Å². The number of rotatable bonds is 3. The quantitative estimate of drug-likeness (QED) is 0.744. The lowest BCUT2D eigenvalue weighted by molar-refractivity contribution is 0.0601. The number of nitrogens with two attached hydrogens (primary N) is 1. The predicted octanol–water partition coefficient (Wildman–Crippen LogP) is 2.74. The van der Waals surface area contributed by atoms with Crippen LogP contribution in [0, 0.1) is 0 Å². The Balaban J connectivity index is 1.96. The van der Waals surface area contributed by atoms with Crippen LogP contribution in [0.3, 0.4) is 0 Å². The third-order valence-corrected chi connectivity index (χ3v) is 3.69. The van der Waals surface area contributed by atoms with E-state index in [2.05, 4.69) is 14.7 Å². The number of fused-ring (bicyclic) bond motifs is 1. The normalized spacial score (nSPS) is 10.7. The Kier molecular flexibility index (Phi) is 3.49. The largest absolute Gasteiger partial charge is 0.465 e. The van der Waals surface area contributed by atoms with Gasteiger partial charge in [-0.3, -0.25) is 0 Å². The number of carbonyl (C=O) groups excluding carboxylic acids is 1.